The number of carbonyl (C=O) groups excluding carboxylic acids is 2. The van der Waals surface area contributed by atoms with E-state index in [0.29, 0.717) is 38.4 Å². The maximum atomic E-state index is 14.0. The van der Waals surface area contributed by atoms with Crippen LogP contribution in [0.3, 0.4) is 0 Å². The van der Waals surface area contributed by atoms with Gasteiger partial charge < -0.3 is 20.1 Å². The number of carbonyl (C=O) groups is 3. The number of piperidine rings is 1. The van der Waals surface area contributed by atoms with Crippen molar-refractivity contribution in [3.05, 3.63) is 36.5 Å². The molecule has 0 unspecified atom stereocenters. The van der Waals surface area contributed by atoms with Crippen LogP contribution >= 0.6 is 0 Å². The van der Waals surface area contributed by atoms with Crippen molar-refractivity contribution >= 4 is 23.9 Å². The lowest BCUT2D eigenvalue weighted by Crippen LogP contribution is -2.52. The van der Waals surface area contributed by atoms with Crippen molar-refractivity contribution in [1.29, 1.82) is 0 Å². The van der Waals surface area contributed by atoms with Gasteiger partial charge in [0.25, 0.3) is 0 Å². The Kier molecular flexibility index (Phi) is 8.12. The first-order valence-corrected chi connectivity index (χ1v) is 12.8. The standard InChI is InChI=1S/C26H35N5O5/c1-3-27-25(33)29-15-13-21(14-16-29)31(24(32)19-11-9-18(2)10-12-19)23-22(36-26(34)35)17-30(28-23)20-7-5-4-6-8-20/h4-8,17-19,21H,3,9-16H2,1-2H3,(H,27,33)(H,34,35)/t18-,19-. The van der Waals surface area contributed by atoms with Crippen molar-refractivity contribution in [2.24, 2.45) is 11.8 Å². The van der Waals surface area contributed by atoms with Crippen molar-refractivity contribution in [3.8, 4) is 11.4 Å². The molecule has 2 N–H and O–H groups in total. The van der Waals surface area contributed by atoms with Crippen LogP contribution in [0.25, 0.3) is 5.69 Å². The Morgan fingerprint density at radius 3 is 2.36 bits per heavy atom. The molecule has 2 fully saturated rings. The summed E-state index contributed by atoms with van der Waals surface area (Å²) in [5.41, 5.74) is 0.726. The molecule has 4 rings (SSSR count). The van der Waals surface area contributed by atoms with Crippen LogP contribution in [0.1, 0.15) is 52.4 Å². The van der Waals surface area contributed by atoms with Crippen molar-refractivity contribution in [2.75, 3.05) is 24.5 Å². The van der Waals surface area contributed by atoms with E-state index < -0.39 is 6.16 Å². The Balaban J connectivity index is 1.68. The molecule has 1 aliphatic heterocycles. The largest absolute Gasteiger partial charge is 0.511 e. The number of nitrogens with zero attached hydrogens (tertiary/aromatic N) is 4. The van der Waals surface area contributed by atoms with Gasteiger partial charge in [-0.25, -0.2) is 14.3 Å². The molecule has 2 aliphatic rings. The highest BCUT2D eigenvalue weighted by atomic mass is 16.7. The van der Waals surface area contributed by atoms with Gasteiger partial charge in [-0.3, -0.25) is 9.69 Å². The predicted octanol–water partition coefficient (Wildman–Crippen LogP) is 4.28. The number of urea groups is 1. The minimum atomic E-state index is -1.46. The molecule has 1 aromatic carbocycles. The van der Waals surface area contributed by atoms with Crippen molar-refractivity contribution < 1.29 is 24.2 Å². The average molecular weight is 498 g/mol. The second-order valence-electron chi connectivity index (χ2n) is 9.68. The highest BCUT2D eigenvalue weighted by molar-refractivity contribution is 5.96. The first-order valence-electron chi connectivity index (χ1n) is 12.8. The van der Waals surface area contributed by atoms with Gasteiger partial charge in [0.2, 0.25) is 11.7 Å². The number of ether oxygens (including phenoxy) is 1. The molecule has 1 saturated heterocycles. The lowest BCUT2D eigenvalue weighted by molar-refractivity contribution is -0.124. The van der Waals surface area contributed by atoms with Gasteiger partial charge in [0.05, 0.1) is 11.9 Å². The molecule has 0 atom stereocenters. The van der Waals surface area contributed by atoms with Gasteiger partial charge in [-0.15, -0.1) is 5.10 Å². The summed E-state index contributed by atoms with van der Waals surface area (Å²) < 4.78 is 6.67. The van der Waals surface area contributed by atoms with E-state index in [1.54, 1.807) is 14.5 Å². The Bertz CT molecular complexity index is 1060. The first-order chi connectivity index (χ1) is 17.4. The zero-order chi connectivity index (χ0) is 25.7. The van der Waals surface area contributed by atoms with E-state index in [1.165, 1.54) is 6.20 Å². The SMILES string of the molecule is CCNC(=O)N1CCC(N(c2nn(-c3ccccc3)cc2OC(=O)O)C(=O)[C@H]2CC[C@H](C)CC2)CC1. The number of anilines is 1. The summed E-state index contributed by atoms with van der Waals surface area (Å²) in [4.78, 5) is 41.3. The number of benzene rings is 1. The highest BCUT2D eigenvalue weighted by Crippen LogP contribution is 2.37. The fourth-order valence-electron chi connectivity index (χ4n) is 5.15. The van der Waals surface area contributed by atoms with E-state index in [1.807, 2.05) is 37.3 Å². The molecule has 1 saturated carbocycles. The molecular weight excluding hydrogens is 462 g/mol. The third-order valence-electron chi connectivity index (χ3n) is 7.16. The summed E-state index contributed by atoms with van der Waals surface area (Å²) in [6, 6.07) is 8.96. The number of carboxylic acid groups (broad SMARTS) is 1. The van der Waals surface area contributed by atoms with Gasteiger partial charge in [0, 0.05) is 31.6 Å². The number of amides is 3. The first kappa shape index (κ1) is 25.5. The highest BCUT2D eigenvalue weighted by Gasteiger charge is 2.38. The third-order valence-corrected chi connectivity index (χ3v) is 7.16. The number of nitrogens with one attached hydrogen (secondary N) is 1. The number of para-hydroxylation sites is 1. The Labute approximate surface area is 211 Å². The lowest BCUT2D eigenvalue weighted by Gasteiger charge is -2.39. The van der Waals surface area contributed by atoms with E-state index in [2.05, 4.69) is 17.3 Å². The molecular formula is C26H35N5O5. The third kappa shape index (κ3) is 5.80. The average Bonchev–Trinajstić information content (AvgIpc) is 3.28. The van der Waals surface area contributed by atoms with Gasteiger partial charge in [0.1, 0.15) is 0 Å². The number of hydrogen-bond donors (Lipinski definition) is 2. The normalized spacial score (nSPS) is 20.6. The predicted molar refractivity (Wildman–Crippen MR) is 134 cm³/mol. The van der Waals surface area contributed by atoms with Crippen molar-refractivity contribution in [2.45, 2.75) is 58.4 Å². The smallest absolute Gasteiger partial charge is 0.449 e. The fourth-order valence-corrected chi connectivity index (χ4v) is 5.15. The van der Waals surface area contributed by atoms with E-state index in [-0.39, 0.29) is 35.5 Å². The number of hydrogen-bond acceptors (Lipinski definition) is 5. The molecule has 0 bridgehead atoms. The van der Waals surface area contributed by atoms with Crippen LogP contribution in [0.4, 0.5) is 15.4 Å². The molecule has 10 heteroatoms. The van der Waals surface area contributed by atoms with Crippen LogP contribution in [-0.2, 0) is 4.79 Å². The van der Waals surface area contributed by atoms with Crippen LogP contribution < -0.4 is 15.0 Å². The Hall–Kier alpha value is -3.56. The topological polar surface area (TPSA) is 117 Å². The van der Waals surface area contributed by atoms with Crippen LogP contribution in [0.15, 0.2) is 36.5 Å². The lowest BCUT2D eigenvalue weighted by atomic mass is 9.82. The number of likely N-dealkylation sites (tertiary alicyclic amines) is 1. The quantitative estimate of drug-likeness (QED) is 0.575. The van der Waals surface area contributed by atoms with Gasteiger partial charge in [-0.2, -0.15) is 0 Å². The molecule has 1 aromatic heterocycles. The second kappa shape index (κ2) is 11.5. The summed E-state index contributed by atoms with van der Waals surface area (Å²) in [5.74, 6) is 0.622. The second-order valence-corrected chi connectivity index (χ2v) is 9.68. The van der Waals surface area contributed by atoms with E-state index >= 15 is 0 Å². The Morgan fingerprint density at radius 1 is 1.08 bits per heavy atom. The molecule has 36 heavy (non-hydrogen) atoms. The zero-order valence-corrected chi connectivity index (χ0v) is 20.9. The van der Waals surface area contributed by atoms with E-state index in [0.717, 1.165) is 31.4 Å². The minimum absolute atomic E-state index is 0.0232. The summed E-state index contributed by atoms with van der Waals surface area (Å²) in [6.45, 7) is 5.63. The van der Waals surface area contributed by atoms with Crippen LogP contribution in [0.5, 0.6) is 5.75 Å². The maximum Gasteiger partial charge on any atom is 0.511 e. The number of aromatic nitrogens is 2. The summed E-state index contributed by atoms with van der Waals surface area (Å²) in [6.07, 6.45) is 4.73. The molecule has 10 nitrogen and oxygen atoms in total. The maximum absolute atomic E-state index is 14.0. The summed E-state index contributed by atoms with van der Waals surface area (Å²) >= 11 is 0. The zero-order valence-electron chi connectivity index (χ0n) is 20.9. The van der Waals surface area contributed by atoms with Crippen molar-refractivity contribution in [1.82, 2.24) is 20.0 Å². The summed E-state index contributed by atoms with van der Waals surface area (Å²) in [5, 5.41) is 16.9. The fraction of sp³-hybridized carbons (Fsp3) is 0.538. The van der Waals surface area contributed by atoms with Crippen LogP contribution in [-0.4, -0.2) is 63.6 Å². The van der Waals surface area contributed by atoms with Gasteiger partial charge >= 0.3 is 12.2 Å². The van der Waals surface area contributed by atoms with Gasteiger partial charge in [0.15, 0.2) is 5.75 Å². The van der Waals surface area contributed by atoms with E-state index in [4.69, 9.17) is 4.74 Å². The summed E-state index contributed by atoms with van der Waals surface area (Å²) in [7, 11) is 0. The van der Waals surface area contributed by atoms with Gasteiger partial charge in [-0.1, -0.05) is 25.1 Å². The van der Waals surface area contributed by atoms with E-state index in [9.17, 15) is 19.5 Å². The molecule has 0 radical (unpaired) electrons. The molecule has 1 aliphatic carbocycles. The van der Waals surface area contributed by atoms with Crippen LogP contribution in [0, 0.1) is 11.8 Å². The molecule has 2 heterocycles. The minimum Gasteiger partial charge on any atom is -0.449 e. The number of rotatable bonds is 6. The molecule has 3 amide bonds. The molecule has 194 valence electrons. The van der Waals surface area contributed by atoms with Gasteiger partial charge in [-0.05, 0) is 63.5 Å². The molecule has 0 spiro atoms. The van der Waals surface area contributed by atoms with Crippen molar-refractivity contribution in [3.63, 3.8) is 0 Å². The van der Waals surface area contributed by atoms with Crippen LogP contribution in [0.2, 0.25) is 0 Å². The Morgan fingerprint density at radius 2 is 1.75 bits per heavy atom. The molecule has 2 aromatic rings. The monoisotopic (exact) mass is 497 g/mol.